The fourth-order valence-electron chi connectivity index (χ4n) is 5.35. The average molecular weight is 1060 g/mol. The van der Waals surface area contributed by atoms with Crippen LogP contribution >= 0.6 is 9.12 Å². The Labute approximate surface area is 441 Å². The van der Waals surface area contributed by atoms with Crippen molar-refractivity contribution in [2.45, 2.75) is 190 Å². The Hall–Kier alpha value is -2.79. The van der Waals surface area contributed by atoms with E-state index in [0.29, 0.717) is 26.4 Å². The molecule has 0 aromatic rings. The molecule has 73 heavy (non-hydrogen) atoms. The lowest BCUT2D eigenvalue weighted by Crippen LogP contribution is -2.11. The summed E-state index contributed by atoms with van der Waals surface area (Å²) < 4.78 is 45.1. The summed E-state index contributed by atoms with van der Waals surface area (Å²) in [6.45, 7) is 37.0. The van der Waals surface area contributed by atoms with Crippen LogP contribution in [0.4, 0.5) is 0 Å². The number of hydrogen-bond acceptors (Lipinski definition) is 17. The van der Waals surface area contributed by atoms with Crippen LogP contribution in [0, 0.1) is 0 Å². The molecule has 0 amide bonds. The Kier molecular flexibility index (Phi) is 40.7. The highest BCUT2D eigenvalue weighted by Gasteiger charge is 2.41. The lowest BCUT2D eigenvalue weighted by molar-refractivity contribution is 0.177. The molecule has 419 valence electrons. The molecule has 0 aliphatic carbocycles. The molecule has 0 aromatic heterocycles. The van der Waals surface area contributed by atoms with Gasteiger partial charge in [0.05, 0.1) is 56.9 Å². The second kappa shape index (κ2) is 42.3. The van der Waals surface area contributed by atoms with E-state index in [1.54, 1.807) is 36.5 Å². The van der Waals surface area contributed by atoms with Gasteiger partial charge in [-0.1, -0.05) is 91.1 Å². The van der Waals surface area contributed by atoms with Crippen molar-refractivity contribution in [2.75, 3.05) is 26.4 Å². The van der Waals surface area contributed by atoms with Crippen molar-refractivity contribution in [1.29, 1.82) is 1.34 Å². The van der Waals surface area contributed by atoms with Gasteiger partial charge in [0.2, 0.25) is 0 Å². The van der Waals surface area contributed by atoms with Crippen molar-refractivity contribution in [3.05, 3.63) is 124 Å². The fourth-order valence-corrected chi connectivity index (χ4v) is 5.35. The minimum atomic E-state index is -0.468. The molecule has 8 saturated heterocycles. The van der Waals surface area contributed by atoms with Crippen LogP contribution < -0.4 is 0 Å². The maximum absolute atomic E-state index is 8.98. The standard InChI is InChI=1S/8C6H10O2.C6H10O.BH3P/c4*1-3-5(7)6-4(2)8-6;4*1-2-3-5(7)6-4-8-6;1-3-5-6(7)4-2;1-2/h4*3-7H,1H2,2H3;4*2-3,5-7H,4H2,1H3;3-7H,2H2,1H3;1H,2H2/b;;;;4*3-2+;5-3+;/t2*4-,5+,6+;2*4-,5-,6+;2*5-,6+;2*5-,6-;;/m10101010../s1/i;;;;;;;;;1T. The van der Waals surface area contributed by atoms with E-state index in [1.165, 1.54) is 37.9 Å². The number of aliphatic hydroxyl groups excluding tert-OH is 9. The smallest absolute Gasteiger partial charge is 0.116 e. The highest BCUT2D eigenvalue weighted by molar-refractivity contribution is 7.49. The van der Waals surface area contributed by atoms with E-state index in [0.717, 1.165) is 0 Å². The molecule has 0 saturated carbocycles. The highest BCUT2D eigenvalue weighted by atomic mass is 31.0. The normalized spacial score (nSPS) is 32.2. The summed E-state index contributed by atoms with van der Waals surface area (Å²) in [5, 5.41) is 80.3. The van der Waals surface area contributed by atoms with Crippen molar-refractivity contribution < 1.29 is 83.9 Å². The first-order valence-corrected chi connectivity index (χ1v) is 25.2. The number of ether oxygens (including phenoxy) is 8. The van der Waals surface area contributed by atoms with E-state index in [4.69, 9.17) is 85.2 Å². The van der Waals surface area contributed by atoms with Gasteiger partial charge in [-0.15, -0.1) is 32.9 Å². The monoisotopic (exact) mass is 1060 g/mol. The summed E-state index contributed by atoms with van der Waals surface area (Å²) in [4.78, 5) is 0. The molecule has 8 heterocycles. The number of allylic oxidation sites excluding steroid dienone is 5. The zero-order valence-electron chi connectivity index (χ0n) is 45.6. The topological polar surface area (TPSA) is 282 Å². The van der Waals surface area contributed by atoms with Crippen LogP contribution in [0.15, 0.2) is 124 Å². The molecule has 9 N–H and O–H groups in total. The third kappa shape index (κ3) is 38.4. The lowest BCUT2D eigenvalue weighted by atomic mass is 10.2. The molecule has 8 fully saturated rings. The summed E-state index contributed by atoms with van der Waals surface area (Å²) in [6.07, 6.45) is 22.6. The van der Waals surface area contributed by atoms with Crippen LogP contribution in [0.1, 0.15) is 62.3 Å². The maximum Gasteiger partial charge on any atom is 0.116 e. The summed E-state index contributed by atoms with van der Waals surface area (Å²) in [7, 11) is 3.29. The van der Waals surface area contributed by atoms with Gasteiger partial charge in [-0.05, 0) is 63.6 Å². The number of hydrogen-bond donors (Lipinski definition) is 9. The van der Waals surface area contributed by atoms with Crippen molar-refractivity contribution in [1.82, 2.24) is 0 Å². The van der Waals surface area contributed by atoms with Crippen LogP contribution in [0.3, 0.4) is 0 Å². The summed E-state index contributed by atoms with van der Waals surface area (Å²) in [5.74, 6) is 0. The van der Waals surface area contributed by atoms with E-state index in [2.05, 4.69) is 42.0 Å². The van der Waals surface area contributed by atoms with Crippen LogP contribution in [0.5, 0.6) is 0 Å². The Balaban J connectivity index is 0. The molecule has 0 bridgehead atoms. The molecule has 22 atom stereocenters. The second-order valence-electron chi connectivity index (χ2n) is 16.9. The van der Waals surface area contributed by atoms with Crippen LogP contribution in [0.2, 0.25) is 0 Å². The van der Waals surface area contributed by atoms with Gasteiger partial charge < -0.3 is 83.9 Å². The van der Waals surface area contributed by atoms with Crippen molar-refractivity contribution in [3.8, 4) is 0 Å². The third-order valence-electron chi connectivity index (χ3n) is 10.5. The Morgan fingerprint density at radius 3 is 0.630 bits per heavy atom. The van der Waals surface area contributed by atoms with Gasteiger partial charge in [-0.25, -0.2) is 0 Å². The lowest BCUT2D eigenvalue weighted by Gasteiger charge is -1.95. The minimum absolute atomic E-state index is 0.0208. The van der Waals surface area contributed by atoms with Gasteiger partial charge in [0.1, 0.15) is 105 Å². The van der Waals surface area contributed by atoms with Gasteiger partial charge >= 0.3 is 0 Å². The number of rotatable bonds is 18. The molecule has 8 rings (SSSR count). The van der Waals surface area contributed by atoms with Gasteiger partial charge in [-0.2, -0.15) is 9.12 Å². The number of aliphatic hydroxyl groups is 9. The molecular formula is C54H93BO17P. The molecule has 0 spiro atoms. The predicted octanol–water partition coefficient (Wildman–Crippen LogP) is 3.36. The second-order valence-corrected chi connectivity index (χ2v) is 16.9. The van der Waals surface area contributed by atoms with Crippen LogP contribution in [0.25, 0.3) is 0 Å². The fraction of sp³-hybridized carbons (Fsp3) is 0.630. The third-order valence-corrected chi connectivity index (χ3v) is 10.5. The largest absolute Gasteiger partial charge is 0.386 e. The quantitative estimate of drug-likeness (QED) is 0.0412. The van der Waals surface area contributed by atoms with E-state index >= 15 is 0 Å². The molecule has 8 aliphatic rings. The zero-order chi connectivity index (χ0) is 56.9. The molecule has 17 nitrogen and oxygen atoms in total. The highest BCUT2D eigenvalue weighted by Crippen LogP contribution is 2.27. The van der Waals surface area contributed by atoms with E-state index in [-0.39, 0.29) is 97.7 Å². The summed E-state index contributed by atoms with van der Waals surface area (Å²) >= 11 is 0. The van der Waals surface area contributed by atoms with Crippen molar-refractivity contribution in [3.63, 3.8) is 0 Å². The molecular weight excluding hydrogens is 962 g/mol. The van der Waals surface area contributed by atoms with Gasteiger partial charge in [0.25, 0.3) is 0 Å². The number of epoxide rings is 8. The van der Waals surface area contributed by atoms with Crippen LogP contribution in [-0.2, 0) is 37.9 Å². The van der Waals surface area contributed by atoms with Crippen LogP contribution in [-0.4, -0.2) is 209 Å². The molecule has 19 heteroatoms. The minimum Gasteiger partial charge on any atom is -0.386 e. The Morgan fingerprint density at radius 2 is 0.562 bits per heavy atom. The van der Waals surface area contributed by atoms with Crippen molar-refractivity contribution >= 4 is 16.6 Å². The first-order chi connectivity index (χ1) is 35.1. The summed E-state index contributed by atoms with van der Waals surface area (Å²) in [6, 6.07) is 0. The van der Waals surface area contributed by atoms with Gasteiger partial charge in [0, 0.05) is 0 Å². The first kappa shape index (κ1) is 70.2. The molecule has 8 aliphatic heterocycles. The Bertz CT molecular complexity index is 1420. The van der Waals surface area contributed by atoms with Gasteiger partial charge in [0.15, 0.2) is 0 Å². The predicted molar refractivity (Wildman–Crippen MR) is 292 cm³/mol. The molecule has 1 radical (unpaired) electrons. The van der Waals surface area contributed by atoms with E-state index < -0.39 is 30.5 Å². The van der Waals surface area contributed by atoms with Gasteiger partial charge in [-0.3, -0.25) is 0 Å². The molecule has 0 aromatic carbocycles. The molecule has 2 unspecified atom stereocenters. The zero-order valence-corrected chi connectivity index (χ0v) is 45.7. The first-order valence-electron chi connectivity index (χ1n) is 25.1. The van der Waals surface area contributed by atoms with E-state index in [9.17, 15) is 0 Å². The average Bonchev–Trinajstić information content (AvgIpc) is 4.18. The Morgan fingerprint density at radius 1 is 0.397 bits per heavy atom. The maximum atomic E-state index is 8.98. The summed E-state index contributed by atoms with van der Waals surface area (Å²) in [5.41, 5.74) is 0. The van der Waals surface area contributed by atoms with E-state index in [1.807, 2.05) is 86.6 Å². The van der Waals surface area contributed by atoms with Crippen molar-refractivity contribution in [2.24, 2.45) is 0 Å². The SMILES string of the molecule is C/C=C/[C@@H](O)[C@@H]1CO1.C/C=C/[C@@H](O)[C@H]1CO1.C/C=C/[C@H](O)[C@@H]1CO1.C/C=C/[C@H](O)[C@H]1CO1.C=CC(O)/C=C/C.C=C[C@@H](O)[C@@H]1O[C@H]1C.C=C[C@@H](O)[C@H]1O[C@@H]1C.C=C[C@H](O)[C@@H]1O[C@H]1C.C=C[C@H](O)[C@H]1O[C@@H]1C.[3H][B]P.